The minimum Gasteiger partial charge on any atom is -0.368 e. The van der Waals surface area contributed by atoms with E-state index in [1.165, 1.54) is 53.9 Å². The molecule has 0 saturated carbocycles. The molecule has 2 aromatic heterocycles. The van der Waals surface area contributed by atoms with Crippen molar-refractivity contribution in [1.82, 2.24) is 69.2 Å². The lowest BCUT2D eigenvalue weighted by molar-refractivity contribution is -0.151. The van der Waals surface area contributed by atoms with Crippen LogP contribution in [0.5, 0.6) is 0 Å². The number of aromatic amines is 2. The smallest absolute Gasteiger partial charge is 0.243 e. The third-order valence-electron chi connectivity index (χ3n) is 26.0. The van der Waals surface area contributed by atoms with Crippen molar-refractivity contribution in [3.63, 3.8) is 0 Å². The summed E-state index contributed by atoms with van der Waals surface area (Å²) >= 11 is 0. The summed E-state index contributed by atoms with van der Waals surface area (Å²) in [4.78, 5) is 206. The molecule has 31 nitrogen and oxygen atoms in total. The Morgan fingerprint density at radius 2 is 0.482 bits per heavy atom. The minimum absolute atomic E-state index is 0.0118. The van der Waals surface area contributed by atoms with E-state index < -0.39 is 173 Å². The van der Waals surface area contributed by atoms with Crippen LogP contribution in [0.3, 0.4) is 0 Å². The maximum atomic E-state index is 16.1. The normalized spacial score (nSPS) is 12.5. The number of primary amides is 1. The van der Waals surface area contributed by atoms with Gasteiger partial charge in [-0.3, -0.25) is 57.5 Å². The lowest BCUT2D eigenvalue weighted by Gasteiger charge is -2.36. The van der Waals surface area contributed by atoms with Crippen LogP contribution in [0.4, 0.5) is 0 Å². The van der Waals surface area contributed by atoms with Crippen molar-refractivity contribution in [2.24, 2.45) is 28.7 Å². The molecule has 31 heteroatoms. The second-order valence-electron chi connectivity index (χ2n) is 35.6. The number of carbonyl (C=O) groups excluding carboxylic acids is 12. The van der Waals surface area contributed by atoms with Gasteiger partial charge in [0.15, 0.2) is 0 Å². The van der Waals surface area contributed by atoms with E-state index in [1.54, 1.807) is 39.8 Å². The standard InChI is InChI=1S/C108H141N19O12/c1-79(85-37-13-7-14-38-85)122(68-97(113)128)107(138)78-127(84(6)90-47-23-12-24-48-90)105(136)72-119(62-36-32-58-112)101(132)74-124(81(3)87-41-17-9-18-42-87)106(137)73-121(64-54-92-66-116-96-52-28-26-50-94(92)96)100(131)69-117(60-34-30-56-110)99(130)70-120(63-53-91-65-115-95-51-27-25-49-93(91)95)103(134)76-125(82(4)88-43-19-10-20-44-88)104(135)71-118(61-35-31-57-111)102(133)75-126(83(5)89-45-21-11-22-46-89)108(139)77-123(80(2)86-39-15-8-16-40-86)98(129)67-114-59-33-29-55-109/h7-28,37-52,65-66,79-84,114-116H,29-36,53-64,67-78,109-112H2,1-6H3,(H2,113,128)/t79-,80-,81-,82-,83-,84-/m0/s1. The molecule has 0 aliphatic rings. The summed E-state index contributed by atoms with van der Waals surface area (Å²) in [5, 5.41) is 4.96. The minimum atomic E-state index is -0.837. The molecule has 2 heterocycles. The highest BCUT2D eigenvalue weighted by Crippen LogP contribution is 2.31. The molecule has 0 fully saturated rings. The molecular weight excluding hydrogens is 1760 g/mol. The third kappa shape index (κ3) is 31.7. The molecule has 740 valence electrons. The molecule has 10 aromatic rings. The Bertz CT molecular complexity index is 5510. The van der Waals surface area contributed by atoms with Crippen LogP contribution in [0.15, 0.2) is 243 Å². The summed E-state index contributed by atoms with van der Waals surface area (Å²) in [7, 11) is 0. The Labute approximate surface area is 817 Å². The molecular formula is C108H141N19O12. The van der Waals surface area contributed by atoms with E-state index in [0.717, 1.165) is 56.9 Å². The van der Waals surface area contributed by atoms with E-state index in [9.17, 15) is 14.4 Å². The van der Waals surface area contributed by atoms with E-state index in [0.29, 0.717) is 73.9 Å². The number of hydrogen-bond donors (Lipinski definition) is 8. The summed E-state index contributed by atoms with van der Waals surface area (Å²) in [6, 6.07) is 65.9. The quantitative estimate of drug-likeness (QED) is 0.0164. The average Bonchev–Trinajstić information content (AvgIpc) is 1.62. The van der Waals surface area contributed by atoms with E-state index in [-0.39, 0.29) is 77.7 Å². The molecule has 13 N–H and O–H groups in total. The Balaban J connectivity index is 0.964. The van der Waals surface area contributed by atoms with E-state index >= 15 is 43.2 Å². The van der Waals surface area contributed by atoms with Gasteiger partial charge >= 0.3 is 0 Å². The Morgan fingerprint density at radius 1 is 0.259 bits per heavy atom. The lowest BCUT2D eigenvalue weighted by Crippen LogP contribution is -2.53. The molecule has 0 radical (unpaired) electrons. The summed E-state index contributed by atoms with van der Waals surface area (Å²) in [6.07, 6.45) is 7.98. The predicted molar refractivity (Wildman–Crippen MR) is 542 cm³/mol. The SMILES string of the molecule is C[C@@H](c1ccccc1)N(CC(N)=O)C(=O)CN(C(=O)CN(CCCCN)C(=O)CN(C(=O)CN(CCc1c[nH]c2ccccc12)C(=O)CN(CCCCN)C(=O)CN(CCc1c[nH]c2ccccc12)C(=O)CN(C(=O)CN(CCCCN)C(=O)CN(C(=O)CN(C(=O)CNCCCCN)[C@@H](C)c1ccccc1)[C@@H](C)c1ccccc1)[C@@H](C)c1ccccc1)[C@@H](C)c1ccccc1)[C@@H](C)c1ccccc1. The number of hydrogen-bond acceptors (Lipinski definition) is 17. The summed E-state index contributed by atoms with van der Waals surface area (Å²) < 4.78 is 0. The number of carbonyl (C=O) groups is 12. The van der Waals surface area contributed by atoms with Crippen LogP contribution < -0.4 is 34.0 Å². The summed E-state index contributed by atoms with van der Waals surface area (Å²) in [5.41, 5.74) is 37.5. The second-order valence-corrected chi connectivity index (χ2v) is 35.6. The molecule has 0 saturated heterocycles. The van der Waals surface area contributed by atoms with Crippen molar-refractivity contribution in [3.05, 3.63) is 287 Å². The Kier molecular flexibility index (Phi) is 42.9. The number of unbranched alkanes of at least 4 members (excludes halogenated alkanes) is 4. The van der Waals surface area contributed by atoms with Crippen molar-refractivity contribution in [1.29, 1.82) is 0 Å². The second kappa shape index (κ2) is 55.6. The molecule has 10 rings (SSSR count). The maximum absolute atomic E-state index is 16.1. The van der Waals surface area contributed by atoms with Crippen LogP contribution in [0.25, 0.3) is 21.8 Å². The highest BCUT2D eigenvalue weighted by atomic mass is 16.2. The van der Waals surface area contributed by atoms with Crippen LogP contribution in [0.2, 0.25) is 0 Å². The largest absolute Gasteiger partial charge is 0.368 e. The molecule has 12 amide bonds. The number of amides is 12. The molecule has 6 atom stereocenters. The number of H-pyrrole nitrogens is 2. The van der Waals surface area contributed by atoms with Gasteiger partial charge in [-0.05, 0) is 195 Å². The number of fused-ring (bicyclic) bond motifs is 2. The van der Waals surface area contributed by atoms with Crippen LogP contribution in [-0.4, -0.2) is 279 Å². The van der Waals surface area contributed by atoms with Crippen LogP contribution in [-0.2, 0) is 70.4 Å². The number of aromatic nitrogens is 2. The first-order valence-corrected chi connectivity index (χ1v) is 48.6. The fourth-order valence-electron chi connectivity index (χ4n) is 17.5. The number of benzene rings is 8. The average molecular weight is 1900 g/mol. The van der Waals surface area contributed by atoms with Gasteiger partial charge in [0.2, 0.25) is 70.9 Å². The van der Waals surface area contributed by atoms with Gasteiger partial charge in [0.25, 0.3) is 0 Å². The molecule has 8 aromatic carbocycles. The molecule has 0 unspecified atom stereocenters. The number of nitrogens with zero attached hydrogens (tertiary/aromatic N) is 11. The highest BCUT2D eigenvalue weighted by Gasteiger charge is 2.39. The van der Waals surface area contributed by atoms with Crippen molar-refractivity contribution in [2.75, 3.05) is 144 Å². The topological polar surface area (TPSA) is 414 Å². The number of rotatable bonds is 58. The zero-order valence-corrected chi connectivity index (χ0v) is 81.4. The number of nitrogens with two attached hydrogens (primary N) is 5. The molecule has 0 aliphatic heterocycles. The van der Waals surface area contributed by atoms with Gasteiger partial charge < -0.3 is 97.9 Å². The monoisotopic (exact) mass is 1900 g/mol. The van der Waals surface area contributed by atoms with Gasteiger partial charge in [0, 0.05) is 66.9 Å². The van der Waals surface area contributed by atoms with E-state index in [4.69, 9.17) is 28.7 Å². The highest BCUT2D eigenvalue weighted by molar-refractivity contribution is 5.96. The Morgan fingerprint density at radius 3 is 0.763 bits per heavy atom. The van der Waals surface area contributed by atoms with Gasteiger partial charge in [-0.15, -0.1) is 0 Å². The van der Waals surface area contributed by atoms with Crippen molar-refractivity contribution in [2.45, 2.75) is 142 Å². The first kappa shape index (κ1) is 107. The zero-order chi connectivity index (χ0) is 99.7. The first-order chi connectivity index (χ1) is 67.2. The molecule has 0 spiro atoms. The van der Waals surface area contributed by atoms with Crippen molar-refractivity contribution in [3.8, 4) is 0 Å². The van der Waals surface area contributed by atoms with Gasteiger partial charge in [-0.2, -0.15) is 0 Å². The van der Waals surface area contributed by atoms with Gasteiger partial charge in [0.05, 0.1) is 82.1 Å². The zero-order valence-electron chi connectivity index (χ0n) is 81.4. The van der Waals surface area contributed by atoms with Gasteiger partial charge in [0.1, 0.15) is 32.7 Å². The lowest BCUT2D eigenvalue weighted by atomic mass is 10.1. The molecule has 0 aliphatic carbocycles. The summed E-state index contributed by atoms with van der Waals surface area (Å²) in [5.74, 6) is -7.27. The summed E-state index contributed by atoms with van der Waals surface area (Å²) in [6.45, 7) is 6.31. The number of para-hydroxylation sites is 2. The third-order valence-corrected chi connectivity index (χ3v) is 26.0. The van der Waals surface area contributed by atoms with Gasteiger partial charge in [-0.25, -0.2) is 0 Å². The molecule has 0 bridgehead atoms. The number of nitrogens with one attached hydrogen (secondary N) is 3. The van der Waals surface area contributed by atoms with E-state index in [1.807, 2.05) is 245 Å². The maximum Gasteiger partial charge on any atom is 0.243 e. The van der Waals surface area contributed by atoms with Crippen LogP contribution in [0, 0.1) is 0 Å². The predicted octanol–water partition coefficient (Wildman–Crippen LogP) is 10.1. The van der Waals surface area contributed by atoms with Crippen LogP contribution in [0.1, 0.15) is 174 Å². The fourth-order valence-corrected chi connectivity index (χ4v) is 17.5. The van der Waals surface area contributed by atoms with E-state index in [2.05, 4.69) is 15.3 Å². The van der Waals surface area contributed by atoms with Crippen molar-refractivity contribution < 1.29 is 57.5 Å². The first-order valence-electron chi connectivity index (χ1n) is 48.6. The molecule has 139 heavy (non-hydrogen) atoms. The van der Waals surface area contributed by atoms with Gasteiger partial charge in [-0.1, -0.05) is 218 Å². The Hall–Kier alpha value is -13.7. The fraction of sp³-hybridized carbons (Fsp3) is 0.407. The van der Waals surface area contributed by atoms with Crippen molar-refractivity contribution >= 4 is 92.7 Å². The van der Waals surface area contributed by atoms with Crippen LogP contribution >= 0.6 is 0 Å².